The number of rotatable bonds is 20. The number of carbonyl (C=O) groups is 7. The van der Waals surface area contributed by atoms with Crippen molar-refractivity contribution in [3.63, 3.8) is 0 Å². The molecule has 72 heavy (non-hydrogen) atoms. The van der Waals surface area contributed by atoms with E-state index in [0.717, 1.165) is 4.90 Å². The molecular weight excluding hydrogens is 947 g/mol. The summed E-state index contributed by atoms with van der Waals surface area (Å²) in [6.07, 6.45) is 5.68. The molecule has 6 rings (SSSR count). The summed E-state index contributed by atoms with van der Waals surface area (Å²) in [4.78, 5) is 109. The van der Waals surface area contributed by atoms with Gasteiger partial charge in [-0.15, -0.1) is 0 Å². The lowest BCUT2D eigenvalue weighted by Gasteiger charge is -2.37. The summed E-state index contributed by atoms with van der Waals surface area (Å²) in [5, 5.41) is 31.4. The van der Waals surface area contributed by atoms with Crippen molar-refractivity contribution in [1.82, 2.24) is 49.6 Å². The monoisotopic (exact) mass is 1010 g/mol. The molecule has 390 valence electrons. The van der Waals surface area contributed by atoms with E-state index in [9.17, 15) is 57.7 Å². The van der Waals surface area contributed by atoms with Crippen molar-refractivity contribution in [3.05, 3.63) is 66.0 Å². The Hall–Kier alpha value is -6.73. The third-order valence-electron chi connectivity index (χ3n) is 12.6. The molecule has 0 aliphatic carbocycles. The molecule has 3 aromatic rings. The Morgan fingerprint density at radius 2 is 1.38 bits per heavy atom. The Morgan fingerprint density at radius 3 is 1.93 bits per heavy atom. The van der Waals surface area contributed by atoms with E-state index in [4.69, 9.17) is 9.15 Å². The molecule has 4 N–H and O–H groups in total. The van der Waals surface area contributed by atoms with Gasteiger partial charge in [0.2, 0.25) is 17.6 Å². The number of amides is 3. The normalized spacial score (nSPS) is 19.2. The van der Waals surface area contributed by atoms with Gasteiger partial charge in [0.1, 0.15) is 17.5 Å². The van der Waals surface area contributed by atoms with E-state index in [2.05, 4.69) is 26.8 Å². The lowest BCUT2D eigenvalue weighted by Crippen LogP contribution is -2.53. The number of nitrogens with zero attached hydrogens (tertiary/aromatic N) is 9. The first-order valence-electron chi connectivity index (χ1n) is 23.7. The van der Waals surface area contributed by atoms with Gasteiger partial charge in [0, 0.05) is 103 Å². The molecule has 24 heteroatoms. The Labute approximate surface area is 414 Å². The van der Waals surface area contributed by atoms with E-state index in [1.54, 1.807) is 56.9 Å². The highest BCUT2D eigenvalue weighted by molar-refractivity contribution is 6.07. The largest absolute Gasteiger partial charge is 0.494 e. The topological polar surface area (TPSA) is 263 Å². The molecule has 22 nitrogen and oxygen atoms in total. The first-order valence-corrected chi connectivity index (χ1v) is 23.7. The molecule has 3 saturated heterocycles. The predicted octanol–water partition coefficient (Wildman–Crippen LogP) is 1.14. The SMILES string of the molecule is C=Cc1oc(C(=O)C2CC(F)(F)CN2C(=O)CNC(=O)c2ccnc3ccc(OCCCN4CCN(C(=O)CN5CCN(CC(=O)O)CCN(CC(=O)O)CCN(CC(=O)O)CC5)CC4)cc23)nc1/C=C\C. The quantitative estimate of drug-likeness (QED) is 0.0914. The number of benzene rings is 1. The number of ketones is 1. The van der Waals surface area contributed by atoms with E-state index in [-0.39, 0.29) is 75.3 Å². The molecule has 3 fully saturated rings. The second-order valence-corrected chi connectivity index (χ2v) is 17.9. The first kappa shape index (κ1) is 54.6. The number of carboxylic acid groups (broad SMARTS) is 3. The highest BCUT2D eigenvalue weighted by atomic mass is 19.3. The third-order valence-corrected chi connectivity index (χ3v) is 12.6. The van der Waals surface area contributed by atoms with Crippen LogP contribution in [0.15, 0.2) is 47.5 Å². The van der Waals surface area contributed by atoms with Crippen LogP contribution >= 0.6 is 0 Å². The molecule has 1 aromatic carbocycles. The van der Waals surface area contributed by atoms with Crippen molar-refractivity contribution >= 4 is 64.5 Å². The third kappa shape index (κ3) is 15.6. The zero-order chi connectivity index (χ0) is 52.0. The van der Waals surface area contributed by atoms with Crippen LogP contribution in [0.1, 0.15) is 52.3 Å². The number of allylic oxidation sites excluding steroid dienone is 1. The van der Waals surface area contributed by atoms with Gasteiger partial charge in [0.05, 0.1) is 57.0 Å². The van der Waals surface area contributed by atoms with Gasteiger partial charge in [-0.25, -0.2) is 13.8 Å². The van der Waals surface area contributed by atoms with Gasteiger partial charge in [-0.3, -0.25) is 63.0 Å². The van der Waals surface area contributed by atoms with Crippen molar-refractivity contribution in [3.8, 4) is 5.75 Å². The molecule has 0 bridgehead atoms. The summed E-state index contributed by atoms with van der Waals surface area (Å²) < 4.78 is 40.9. The fraction of sp³-hybridized carbons (Fsp3) is 0.521. The van der Waals surface area contributed by atoms with E-state index >= 15 is 0 Å². The minimum Gasteiger partial charge on any atom is -0.494 e. The number of halogens is 2. The number of oxazole rings is 1. The van der Waals surface area contributed by atoms with Gasteiger partial charge in [-0.2, -0.15) is 0 Å². The number of aromatic nitrogens is 2. The van der Waals surface area contributed by atoms with Crippen molar-refractivity contribution in [1.29, 1.82) is 0 Å². The Kier molecular flexibility index (Phi) is 19.4. The minimum atomic E-state index is -3.36. The van der Waals surface area contributed by atoms with Crippen LogP contribution in [-0.2, 0) is 24.0 Å². The summed E-state index contributed by atoms with van der Waals surface area (Å²) >= 11 is 0. The molecule has 3 aliphatic heterocycles. The van der Waals surface area contributed by atoms with Gasteiger partial charge in [-0.05, 0) is 49.8 Å². The van der Waals surface area contributed by atoms with Crippen LogP contribution < -0.4 is 10.1 Å². The highest BCUT2D eigenvalue weighted by Crippen LogP contribution is 2.34. The molecule has 0 saturated carbocycles. The zero-order valence-corrected chi connectivity index (χ0v) is 40.3. The lowest BCUT2D eigenvalue weighted by molar-refractivity contribution is -0.141. The number of nitrogens with one attached hydrogen (secondary N) is 1. The Balaban J connectivity index is 0.972. The summed E-state index contributed by atoms with van der Waals surface area (Å²) in [5.74, 6) is -8.83. The molecule has 5 heterocycles. The molecule has 0 spiro atoms. The van der Waals surface area contributed by atoms with Gasteiger partial charge >= 0.3 is 17.9 Å². The number of Topliss-reactive ketones (excluding diaryl/α,β-unsaturated/α-hetero) is 1. The molecular formula is C48H62F2N10O12. The first-order chi connectivity index (χ1) is 34.4. The number of piperazine rings is 1. The summed E-state index contributed by atoms with van der Waals surface area (Å²) in [6, 6.07) is 4.93. The van der Waals surface area contributed by atoms with Gasteiger partial charge in [0.25, 0.3) is 17.7 Å². The maximum Gasteiger partial charge on any atom is 0.317 e. The number of alkyl halides is 2. The second-order valence-electron chi connectivity index (χ2n) is 17.9. The van der Waals surface area contributed by atoms with Gasteiger partial charge in [-0.1, -0.05) is 12.7 Å². The minimum absolute atomic E-state index is 0.0629. The highest BCUT2D eigenvalue weighted by Gasteiger charge is 2.51. The van der Waals surface area contributed by atoms with Crippen LogP contribution in [0.25, 0.3) is 23.1 Å². The Bertz CT molecular complexity index is 2450. The average molecular weight is 1010 g/mol. The molecule has 3 aliphatic rings. The van der Waals surface area contributed by atoms with Crippen LogP contribution in [0.4, 0.5) is 8.78 Å². The van der Waals surface area contributed by atoms with Crippen LogP contribution in [-0.4, -0.2) is 244 Å². The fourth-order valence-electron chi connectivity index (χ4n) is 8.87. The van der Waals surface area contributed by atoms with Crippen molar-refractivity contribution in [2.75, 3.05) is 131 Å². The van der Waals surface area contributed by atoms with Gasteiger partial charge in [0.15, 0.2) is 5.76 Å². The number of likely N-dealkylation sites (tertiary alicyclic amines) is 1. The number of carboxylic acids is 3. The summed E-state index contributed by atoms with van der Waals surface area (Å²) in [7, 11) is 0. The summed E-state index contributed by atoms with van der Waals surface area (Å²) in [6.45, 7) is 8.58. The van der Waals surface area contributed by atoms with E-state index in [0.29, 0.717) is 88.6 Å². The summed E-state index contributed by atoms with van der Waals surface area (Å²) in [5.41, 5.74) is 0.911. The van der Waals surface area contributed by atoms with Crippen molar-refractivity contribution < 1.29 is 66.8 Å². The average Bonchev–Trinajstić information content (AvgIpc) is 3.91. The number of hydrogen-bond donors (Lipinski definition) is 4. The zero-order valence-electron chi connectivity index (χ0n) is 40.3. The van der Waals surface area contributed by atoms with E-state index in [1.165, 1.54) is 18.3 Å². The predicted molar refractivity (Wildman–Crippen MR) is 257 cm³/mol. The fourth-order valence-corrected chi connectivity index (χ4v) is 8.87. The van der Waals surface area contributed by atoms with Crippen LogP contribution in [0, 0.1) is 0 Å². The maximum atomic E-state index is 14.7. The van der Waals surface area contributed by atoms with Gasteiger partial charge < -0.3 is 39.6 Å². The number of hydrogen-bond acceptors (Lipinski definition) is 16. The van der Waals surface area contributed by atoms with E-state index in [1.807, 2.05) is 4.90 Å². The number of ether oxygens (including phenoxy) is 1. The number of aliphatic carboxylic acids is 3. The standard InChI is InChI=1S/C48H62F2N10O12/c1-3-6-37-39(4-2)72-47(53-37)45(69)38-26-48(49,50)32-60(38)40(61)27-52-46(70)34-9-10-51-36-8-7-33(25-35(34)36)71-24-5-11-54-20-22-59(23-21-54)41(62)28-55-12-14-56(29-42(63)64)16-18-58(31-44(67)68)19-17-57(15-13-55)30-43(65)66/h3-4,6-10,25,38H,2,5,11-24,26-32H2,1H3,(H,52,70)(H,63,64)(H,65,66)(H,67,68)/b6-3-. The molecule has 0 radical (unpaired) electrons. The molecule has 1 atom stereocenters. The number of pyridine rings is 1. The molecule has 1 unspecified atom stereocenters. The molecule has 2 aromatic heterocycles. The van der Waals surface area contributed by atoms with Crippen LogP contribution in [0.2, 0.25) is 0 Å². The number of carbonyl (C=O) groups excluding carboxylic acids is 4. The lowest BCUT2D eigenvalue weighted by atomic mass is 10.1. The second kappa shape index (κ2) is 25.6. The molecule has 3 amide bonds. The van der Waals surface area contributed by atoms with Crippen LogP contribution in [0.5, 0.6) is 5.75 Å². The Morgan fingerprint density at radius 1 is 0.806 bits per heavy atom. The van der Waals surface area contributed by atoms with Crippen molar-refractivity contribution in [2.24, 2.45) is 0 Å². The number of fused-ring (bicyclic) bond motifs is 1. The van der Waals surface area contributed by atoms with Crippen LogP contribution in [0.3, 0.4) is 0 Å². The van der Waals surface area contributed by atoms with E-state index < -0.39 is 72.9 Å². The smallest absolute Gasteiger partial charge is 0.317 e. The van der Waals surface area contributed by atoms with Crippen molar-refractivity contribution in [2.45, 2.75) is 31.7 Å². The maximum absolute atomic E-state index is 14.7.